The maximum atomic E-state index is 11.6. The summed E-state index contributed by atoms with van der Waals surface area (Å²) in [5.41, 5.74) is 5.51. The van der Waals surface area contributed by atoms with Gasteiger partial charge in [0.1, 0.15) is 5.75 Å². The predicted molar refractivity (Wildman–Crippen MR) is 63.5 cm³/mol. The van der Waals surface area contributed by atoms with E-state index in [0.29, 0.717) is 15.8 Å². The molecule has 4 nitrogen and oxygen atoms in total. The molecule has 0 atom stereocenters. The van der Waals surface area contributed by atoms with Crippen molar-refractivity contribution in [3.05, 3.63) is 28.2 Å². The van der Waals surface area contributed by atoms with Crippen LogP contribution in [0.5, 0.6) is 5.75 Å². The van der Waals surface area contributed by atoms with Gasteiger partial charge < -0.3 is 10.5 Å². The van der Waals surface area contributed by atoms with E-state index in [1.54, 1.807) is 25.3 Å². The lowest BCUT2D eigenvalue weighted by Crippen LogP contribution is -2.12. The maximum absolute atomic E-state index is 11.6. The number of carbonyl (C=O) groups is 2. The third-order valence-electron chi connectivity index (χ3n) is 2.07. The topological polar surface area (TPSA) is 69.4 Å². The molecule has 0 bridgehead atoms. The number of ketones is 1. The van der Waals surface area contributed by atoms with Gasteiger partial charge in [0.2, 0.25) is 5.91 Å². The van der Waals surface area contributed by atoms with Gasteiger partial charge in [-0.05, 0) is 34.1 Å². The second-order valence-electron chi connectivity index (χ2n) is 3.24. The van der Waals surface area contributed by atoms with Crippen molar-refractivity contribution in [3.63, 3.8) is 0 Å². The molecular formula is C11H12BrNO3. The summed E-state index contributed by atoms with van der Waals surface area (Å²) >= 11 is 3.29. The molecule has 0 radical (unpaired) electrons. The quantitative estimate of drug-likeness (QED) is 0.840. The zero-order valence-corrected chi connectivity index (χ0v) is 10.4. The highest BCUT2D eigenvalue weighted by atomic mass is 79.9. The summed E-state index contributed by atoms with van der Waals surface area (Å²) in [6, 6.07) is 5.02. The molecule has 1 aromatic rings. The highest BCUT2D eigenvalue weighted by Crippen LogP contribution is 2.26. The summed E-state index contributed by atoms with van der Waals surface area (Å²) in [6.07, 6.45) is 0.205. The first-order valence-electron chi connectivity index (χ1n) is 4.69. The zero-order chi connectivity index (χ0) is 12.1. The van der Waals surface area contributed by atoms with Crippen LogP contribution in [0.15, 0.2) is 22.7 Å². The van der Waals surface area contributed by atoms with Gasteiger partial charge in [-0.1, -0.05) is 0 Å². The summed E-state index contributed by atoms with van der Waals surface area (Å²) in [4.78, 5) is 22.2. The van der Waals surface area contributed by atoms with E-state index in [9.17, 15) is 9.59 Å². The summed E-state index contributed by atoms with van der Waals surface area (Å²) in [5.74, 6) is 0.0783. The summed E-state index contributed by atoms with van der Waals surface area (Å²) in [5, 5.41) is 0. The van der Waals surface area contributed by atoms with Crippen molar-refractivity contribution in [1.29, 1.82) is 0 Å². The Bertz CT molecular complexity index is 418. The smallest absolute Gasteiger partial charge is 0.217 e. The molecule has 0 aromatic heterocycles. The van der Waals surface area contributed by atoms with Crippen LogP contribution in [0.1, 0.15) is 23.2 Å². The minimum absolute atomic E-state index is 0.0719. The lowest BCUT2D eigenvalue weighted by molar-refractivity contribution is -0.118. The Morgan fingerprint density at radius 3 is 2.56 bits per heavy atom. The fraction of sp³-hybridized carbons (Fsp3) is 0.273. The molecule has 1 aromatic carbocycles. The standard InChI is InChI=1S/C11H12BrNO3/c1-16-10-4-2-7(6-8(10)12)9(14)3-5-11(13)15/h2,4,6H,3,5H2,1H3,(H2,13,15). The Balaban J connectivity index is 2.77. The van der Waals surface area contributed by atoms with Gasteiger partial charge in [0.15, 0.2) is 5.78 Å². The highest BCUT2D eigenvalue weighted by molar-refractivity contribution is 9.10. The van der Waals surface area contributed by atoms with Gasteiger partial charge in [-0.2, -0.15) is 0 Å². The minimum atomic E-state index is -0.471. The predicted octanol–water partition coefficient (Wildman–Crippen LogP) is 1.91. The van der Waals surface area contributed by atoms with Crippen LogP contribution in [-0.2, 0) is 4.79 Å². The van der Waals surface area contributed by atoms with Crippen LogP contribution < -0.4 is 10.5 Å². The number of halogens is 1. The van der Waals surface area contributed by atoms with Crippen LogP contribution in [0.2, 0.25) is 0 Å². The van der Waals surface area contributed by atoms with Crippen molar-refractivity contribution >= 4 is 27.6 Å². The lowest BCUT2D eigenvalue weighted by Gasteiger charge is -2.05. The Morgan fingerprint density at radius 1 is 1.38 bits per heavy atom. The Labute approximate surface area is 102 Å². The average molecular weight is 286 g/mol. The fourth-order valence-corrected chi connectivity index (χ4v) is 1.76. The van der Waals surface area contributed by atoms with Gasteiger partial charge in [0.25, 0.3) is 0 Å². The molecule has 1 rings (SSSR count). The number of nitrogens with two attached hydrogens (primary N) is 1. The first-order chi connectivity index (χ1) is 7.54. The van der Waals surface area contributed by atoms with Gasteiger partial charge in [0, 0.05) is 18.4 Å². The lowest BCUT2D eigenvalue weighted by atomic mass is 10.1. The third kappa shape index (κ3) is 3.34. The van der Waals surface area contributed by atoms with Crippen molar-refractivity contribution in [2.45, 2.75) is 12.8 Å². The van der Waals surface area contributed by atoms with E-state index >= 15 is 0 Å². The monoisotopic (exact) mass is 285 g/mol. The van der Waals surface area contributed by atoms with E-state index in [0.717, 1.165) is 0 Å². The van der Waals surface area contributed by atoms with E-state index in [-0.39, 0.29) is 18.6 Å². The molecule has 0 saturated heterocycles. The number of methoxy groups -OCH3 is 1. The van der Waals surface area contributed by atoms with E-state index in [2.05, 4.69) is 15.9 Å². The van der Waals surface area contributed by atoms with Gasteiger partial charge in [-0.3, -0.25) is 9.59 Å². The van der Waals surface area contributed by atoms with E-state index in [4.69, 9.17) is 10.5 Å². The summed E-state index contributed by atoms with van der Waals surface area (Å²) in [6.45, 7) is 0. The molecule has 0 aliphatic carbocycles. The molecule has 0 unspecified atom stereocenters. The second kappa shape index (κ2) is 5.65. The number of amides is 1. The maximum Gasteiger partial charge on any atom is 0.217 e. The van der Waals surface area contributed by atoms with Gasteiger partial charge >= 0.3 is 0 Å². The zero-order valence-electron chi connectivity index (χ0n) is 8.83. The first-order valence-corrected chi connectivity index (χ1v) is 5.49. The van der Waals surface area contributed by atoms with Crippen molar-refractivity contribution in [2.24, 2.45) is 5.73 Å². The average Bonchev–Trinajstić information content (AvgIpc) is 2.25. The minimum Gasteiger partial charge on any atom is -0.496 e. The summed E-state index contributed by atoms with van der Waals surface area (Å²) in [7, 11) is 1.55. The Kier molecular flexibility index (Phi) is 4.49. The number of Topliss-reactive ketones (excluding diaryl/α,β-unsaturated/α-hetero) is 1. The fourth-order valence-electron chi connectivity index (χ4n) is 1.22. The molecule has 16 heavy (non-hydrogen) atoms. The van der Waals surface area contributed by atoms with Gasteiger partial charge in [0.05, 0.1) is 11.6 Å². The van der Waals surface area contributed by atoms with Crippen molar-refractivity contribution < 1.29 is 14.3 Å². The SMILES string of the molecule is COc1ccc(C(=O)CCC(N)=O)cc1Br. The molecule has 0 fully saturated rings. The molecule has 0 aliphatic heterocycles. The second-order valence-corrected chi connectivity index (χ2v) is 4.09. The van der Waals surface area contributed by atoms with E-state index < -0.39 is 5.91 Å². The van der Waals surface area contributed by atoms with Gasteiger partial charge in [-0.25, -0.2) is 0 Å². The largest absolute Gasteiger partial charge is 0.496 e. The van der Waals surface area contributed by atoms with Crippen LogP contribution in [0.4, 0.5) is 0 Å². The number of hydrogen-bond acceptors (Lipinski definition) is 3. The van der Waals surface area contributed by atoms with Crippen molar-refractivity contribution in [2.75, 3.05) is 7.11 Å². The Hall–Kier alpha value is -1.36. The van der Waals surface area contributed by atoms with E-state index in [1.807, 2.05) is 0 Å². The Morgan fingerprint density at radius 2 is 2.06 bits per heavy atom. The molecule has 0 heterocycles. The van der Waals surface area contributed by atoms with Crippen molar-refractivity contribution in [3.8, 4) is 5.75 Å². The number of hydrogen-bond donors (Lipinski definition) is 1. The van der Waals surface area contributed by atoms with Gasteiger partial charge in [-0.15, -0.1) is 0 Å². The normalized spacial score (nSPS) is 9.88. The van der Waals surface area contributed by atoms with E-state index in [1.165, 1.54) is 0 Å². The molecule has 2 N–H and O–H groups in total. The molecular weight excluding hydrogens is 274 g/mol. The van der Waals surface area contributed by atoms with Crippen LogP contribution in [-0.4, -0.2) is 18.8 Å². The molecule has 0 spiro atoms. The molecule has 0 saturated carbocycles. The number of ether oxygens (including phenoxy) is 1. The van der Waals surface area contributed by atoms with Crippen LogP contribution in [0, 0.1) is 0 Å². The number of carbonyl (C=O) groups excluding carboxylic acids is 2. The first kappa shape index (κ1) is 12.7. The van der Waals surface area contributed by atoms with Crippen molar-refractivity contribution in [1.82, 2.24) is 0 Å². The highest BCUT2D eigenvalue weighted by Gasteiger charge is 2.09. The molecule has 0 aliphatic rings. The number of rotatable bonds is 5. The number of benzene rings is 1. The third-order valence-corrected chi connectivity index (χ3v) is 2.69. The summed E-state index contributed by atoms with van der Waals surface area (Å²) < 4.78 is 5.75. The molecule has 86 valence electrons. The van der Waals surface area contributed by atoms with Crippen LogP contribution in [0.25, 0.3) is 0 Å². The van der Waals surface area contributed by atoms with Crippen LogP contribution in [0.3, 0.4) is 0 Å². The molecule has 5 heteroatoms. The van der Waals surface area contributed by atoms with Crippen LogP contribution >= 0.6 is 15.9 Å². The molecule has 1 amide bonds. The number of primary amides is 1.